The average molecular weight is 217 g/mol. The van der Waals surface area contributed by atoms with Crippen LogP contribution in [0.1, 0.15) is 5.69 Å². The van der Waals surface area contributed by atoms with Crippen molar-refractivity contribution in [2.24, 2.45) is 5.16 Å². The first-order valence-corrected chi connectivity index (χ1v) is 4.25. The van der Waals surface area contributed by atoms with Crippen LogP contribution in [-0.2, 0) is 9.63 Å². The first-order chi connectivity index (χ1) is 6.57. The molecule has 0 spiro atoms. The van der Waals surface area contributed by atoms with E-state index in [2.05, 4.69) is 9.99 Å². The molecule has 0 saturated heterocycles. The number of hydrogen-bond donors (Lipinski definition) is 3. The van der Waals surface area contributed by atoms with E-state index in [4.69, 9.17) is 10.5 Å². The van der Waals surface area contributed by atoms with E-state index in [1.165, 1.54) is 12.5 Å². The zero-order chi connectivity index (χ0) is 10.7. The van der Waals surface area contributed by atoms with Gasteiger partial charge in [0.15, 0.2) is 0 Å². The van der Waals surface area contributed by atoms with Gasteiger partial charge in [0.05, 0.1) is 0 Å². The van der Waals surface area contributed by atoms with Crippen LogP contribution in [-0.4, -0.2) is 33.8 Å². The van der Waals surface area contributed by atoms with Crippen molar-refractivity contribution in [1.82, 2.24) is 4.73 Å². The van der Waals surface area contributed by atoms with Crippen molar-refractivity contribution in [2.75, 3.05) is 7.11 Å². The molecule has 0 unspecified atom stereocenters. The van der Waals surface area contributed by atoms with Gasteiger partial charge in [0.1, 0.15) is 12.8 Å². The Morgan fingerprint density at radius 2 is 2.43 bits per heavy atom. The van der Waals surface area contributed by atoms with Gasteiger partial charge in [-0.2, -0.15) is 4.73 Å². The highest BCUT2D eigenvalue weighted by atomic mass is 32.1. The number of nitrogens with zero attached hydrogens (tertiary/aromatic N) is 2. The fourth-order valence-corrected chi connectivity index (χ4v) is 1.40. The molecule has 3 N–H and O–H groups in total. The maximum absolute atomic E-state index is 10.7. The minimum Gasteiger partial charge on any atom is -0.476 e. The van der Waals surface area contributed by atoms with Gasteiger partial charge in [-0.15, -0.1) is 11.3 Å². The van der Waals surface area contributed by atoms with E-state index in [1.54, 1.807) is 0 Å². The van der Waals surface area contributed by atoms with Crippen LogP contribution < -0.4 is 4.80 Å². The summed E-state index contributed by atoms with van der Waals surface area (Å²) in [6, 6.07) is 0. The van der Waals surface area contributed by atoms with Gasteiger partial charge >= 0.3 is 5.97 Å². The molecule has 0 aliphatic carbocycles. The minimum absolute atomic E-state index is 0.0886. The standard InChI is InChI=1S/C6H7N3O4S/c1-13-8-4(5(10)11)3-2-14-6(7)9(3)12/h2,7,12H,1H3,(H,10,11)/b7-6?,8-4-. The van der Waals surface area contributed by atoms with Crippen molar-refractivity contribution >= 4 is 23.0 Å². The molecule has 0 aliphatic rings. The predicted molar refractivity (Wildman–Crippen MR) is 46.5 cm³/mol. The molecule has 8 heteroatoms. The molecule has 7 nitrogen and oxygen atoms in total. The topological polar surface area (TPSA) is 108 Å². The highest BCUT2D eigenvalue weighted by molar-refractivity contribution is 7.07. The SMILES string of the molecule is CO/N=C(\C(=O)O)c1csc(=N)n1O. The second-order valence-electron chi connectivity index (χ2n) is 2.17. The molecular weight excluding hydrogens is 210 g/mol. The molecule has 0 aliphatic heterocycles. The summed E-state index contributed by atoms with van der Waals surface area (Å²) in [5.74, 6) is -1.34. The summed E-state index contributed by atoms with van der Waals surface area (Å²) in [7, 11) is 1.19. The second kappa shape index (κ2) is 3.92. The lowest BCUT2D eigenvalue weighted by Gasteiger charge is -1.99. The third-order valence-electron chi connectivity index (χ3n) is 1.33. The summed E-state index contributed by atoms with van der Waals surface area (Å²) in [5.41, 5.74) is -0.542. The third kappa shape index (κ3) is 1.74. The Labute approximate surface area is 81.9 Å². The van der Waals surface area contributed by atoms with E-state index in [0.29, 0.717) is 4.73 Å². The van der Waals surface area contributed by atoms with Gasteiger partial charge < -0.3 is 15.2 Å². The summed E-state index contributed by atoms with van der Waals surface area (Å²) >= 11 is 0.883. The van der Waals surface area contributed by atoms with E-state index in [-0.39, 0.29) is 10.5 Å². The molecule has 0 amide bonds. The van der Waals surface area contributed by atoms with E-state index >= 15 is 0 Å². The molecule has 1 heterocycles. The summed E-state index contributed by atoms with van der Waals surface area (Å²) in [6.07, 6.45) is 0. The molecule has 1 rings (SSSR count). The van der Waals surface area contributed by atoms with Gasteiger partial charge in [-0.25, -0.2) is 4.79 Å². The van der Waals surface area contributed by atoms with Crippen molar-refractivity contribution in [3.63, 3.8) is 0 Å². The molecule has 14 heavy (non-hydrogen) atoms. The molecule has 0 aromatic carbocycles. The fourth-order valence-electron chi connectivity index (χ4n) is 0.764. The highest BCUT2D eigenvalue weighted by Gasteiger charge is 2.19. The van der Waals surface area contributed by atoms with Gasteiger partial charge in [-0.1, -0.05) is 5.16 Å². The van der Waals surface area contributed by atoms with Crippen LogP contribution in [0, 0.1) is 5.41 Å². The van der Waals surface area contributed by atoms with Crippen molar-refractivity contribution in [2.45, 2.75) is 0 Å². The van der Waals surface area contributed by atoms with Crippen LogP contribution in [0.3, 0.4) is 0 Å². The monoisotopic (exact) mass is 217 g/mol. The van der Waals surface area contributed by atoms with E-state index in [1.807, 2.05) is 0 Å². The number of aliphatic carboxylic acids is 1. The summed E-state index contributed by atoms with van der Waals surface area (Å²) < 4.78 is 0.427. The third-order valence-corrected chi connectivity index (χ3v) is 2.07. The summed E-state index contributed by atoms with van der Waals surface area (Å²) in [4.78, 5) is 14.8. The molecule has 1 aromatic heterocycles. The molecule has 0 saturated carbocycles. The number of nitrogens with one attached hydrogen (secondary N) is 1. The van der Waals surface area contributed by atoms with Crippen LogP contribution in [0.5, 0.6) is 0 Å². The molecule has 0 bridgehead atoms. The Kier molecular flexibility index (Phi) is 2.87. The molecule has 0 atom stereocenters. The Balaban J connectivity index is 3.26. The lowest BCUT2D eigenvalue weighted by molar-refractivity contribution is -0.129. The largest absolute Gasteiger partial charge is 0.476 e. The van der Waals surface area contributed by atoms with Crippen LogP contribution in [0.15, 0.2) is 10.5 Å². The fraction of sp³-hybridized carbons (Fsp3) is 0.167. The van der Waals surface area contributed by atoms with Crippen LogP contribution in [0.4, 0.5) is 0 Å². The van der Waals surface area contributed by atoms with Crippen molar-refractivity contribution in [1.29, 1.82) is 5.41 Å². The van der Waals surface area contributed by atoms with Gasteiger partial charge in [0.2, 0.25) is 10.5 Å². The first kappa shape index (κ1) is 10.3. The van der Waals surface area contributed by atoms with Gasteiger partial charge in [0.25, 0.3) is 0 Å². The Bertz CT molecular complexity index is 433. The molecule has 76 valence electrons. The average Bonchev–Trinajstić information content (AvgIpc) is 2.44. The lowest BCUT2D eigenvalue weighted by atomic mass is 10.3. The maximum Gasteiger partial charge on any atom is 0.360 e. The van der Waals surface area contributed by atoms with Gasteiger partial charge in [-0.3, -0.25) is 5.41 Å². The Hall–Kier alpha value is -1.83. The van der Waals surface area contributed by atoms with Crippen LogP contribution in [0.25, 0.3) is 0 Å². The molecule has 0 radical (unpaired) electrons. The lowest BCUT2D eigenvalue weighted by Crippen LogP contribution is -2.22. The maximum atomic E-state index is 10.7. The number of oxime groups is 1. The van der Waals surface area contributed by atoms with Gasteiger partial charge in [-0.05, 0) is 0 Å². The normalized spacial score (nSPS) is 11.4. The quantitative estimate of drug-likeness (QED) is 0.367. The Morgan fingerprint density at radius 3 is 2.79 bits per heavy atom. The van der Waals surface area contributed by atoms with Crippen molar-refractivity contribution in [3.05, 3.63) is 15.9 Å². The van der Waals surface area contributed by atoms with Crippen LogP contribution in [0.2, 0.25) is 0 Å². The molecular formula is C6H7N3O4S. The molecule has 1 aromatic rings. The zero-order valence-electron chi connectivity index (χ0n) is 7.09. The summed E-state index contributed by atoms with van der Waals surface area (Å²) in [6.45, 7) is 0. The van der Waals surface area contributed by atoms with E-state index < -0.39 is 11.7 Å². The van der Waals surface area contributed by atoms with Crippen molar-refractivity contribution in [3.8, 4) is 0 Å². The summed E-state index contributed by atoms with van der Waals surface area (Å²) in [5, 5.41) is 29.6. The number of aromatic nitrogens is 1. The second-order valence-corrected chi connectivity index (χ2v) is 3.02. The Morgan fingerprint density at radius 1 is 1.79 bits per heavy atom. The van der Waals surface area contributed by atoms with Crippen molar-refractivity contribution < 1.29 is 19.9 Å². The predicted octanol–water partition coefficient (Wildman–Crippen LogP) is -0.299. The number of rotatable bonds is 3. The number of carbonyl (C=O) groups is 1. The number of hydrogen-bond acceptors (Lipinski definition) is 6. The zero-order valence-corrected chi connectivity index (χ0v) is 7.91. The first-order valence-electron chi connectivity index (χ1n) is 3.37. The van der Waals surface area contributed by atoms with Crippen LogP contribution >= 0.6 is 11.3 Å². The number of carboxylic acid groups (broad SMARTS) is 1. The van der Waals surface area contributed by atoms with E-state index in [0.717, 1.165) is 11.3 Å². The number of thiazole rings is 1. The minimum atomic E-state index is -1.34. The number of carboxylic acids is 1. The smallest absolute Gasteiger partial charge is 0.360 e. The van der Waals surface area contributed by atoms with E-state index in [9.17, 15) is 10.0 Å². The molecule has 0 fully saturated rings. The highest BCUT2D eigenvalue weighted by Crippen LogP contribution is 2.02. The van der Waals surface area contributed by atoms with Gasteiger partial charge in [0, 0.05) is 5.38 Å².